The molecule has 0 saturated heterocycles. The largest absolute Gasteiger partial charge is 0.431 e. The lowest BCUT2D eigenvalue weighted by molar-refractivity contribution is -0.117. The van der Waals surface area contributed by atoms with E-state index in [-0.39, 0.29) is 29.4 Å². The van der Waals surface area contributed by atoms with Crippen LogP contribution in [0.15, 0.2) is 10.7 Å². The van der Waals surface area contributed by atoms with Crippen LogP contribution in [0.25, 0.3) is 0 Å². The van der Waals surface area contributed by atoms with Gasteiger partial charge in [0.15, 0.2) is 5.69 Å². The fraction of sp³-hybridized carbons (Fsp3) is 0.500. The van der Waals surface area contributed by atoms with Gasteiger partial charge in [0.1, 0.15) is 6.26 Å². The van der Waals surface area contributed by atoms with E-state index < -0.39 is 0 Å². The lowest BCUT2D eigenvalue weighted by Crippen LogP contribution is -2.22. The number of anilines is 1. The van der Waals surface area contributed by atoms with E-state index in [4.69, 9.17) is 4.42 Å². The maximum absolute atomic E-state index is 11.5. The zero-order chi connectivity index (χ0) is 11.7. The van der Waals surface area contributed by atoms with Crippen molar-refractivity contribution < 1.29 is 14.0 Å². The molecule has 6 nitrogen and oxygen atoms in total. The van der Waals surface area contributed by atoms with Crippen molar-refractivity contribution in [3.05, 3.63) is 12.0 Å². The first-order valence-corrected chi connectivity index (χ1v) is 5.06. The normalized spacial score (nSPS) is 14.6. The molecule has 1 aromatic rings. The van der Waals surface area contributed by atoms with Crippen LogP contribution in [-0.2, 0) is 4.79 Å². The highest BCUT2D eigenvalue weighted by Crippen LogP contribution is 2.30. The van der Waals surface area contributed by atoms with Crippen LogP contribution in [-0.4, -0.2) is 35.8 Å². The van der Waals surface area contributed by atoms with Crippen LogP contribution < -0.4 is 5.32 Å². The molecular weight excluding hydrogens is 210 g/mol. The molecule has 0 atom stereocenters. The Hall–Kier alpha value is -1.85. The van der Waals surface area contributed by atoms with Crippen molar-refractivity contribution in [1.82, 2.24) is 9.88 Å². The molecule has 1 N–H and O–H groups in total. The maximum atomic E-state index is 11.5. The Morgan fingerprint density at radius 2 is 2.19 bits per heavy atom. The van der Waals surface area contributed by atoms with Gasteiger partial charge in [-0.15, -0.1) is 0 Å². The molecule has 0 bridgehead atoms. The molecule has 86 valence electrons. The van der Waals surface area contributed by atoms with Gasteiger partial charge in [-0.25, -0.2) is 0 Å². The molecule has 1 aliphatic carbocycles. The van der Waals surface area contributed by atoms with Gasteiger partial charge in [0.05, 0.1) is 0 Å². The second-order valence-electron chi connectivity index (χ2n) is 4.00. The highest BCUT2D eigenvalue weighted by molar-refractivity contribution is 5.94. The summed E-state index contributed by atoms with van der Waals surface area (Å²) in [5.41, 5.74) is 0.191. The Morgan fingerprint density at radius 1 is 1.50 bits per heavy atom. The Labute approximate surface area is 92.6 Å². The number of rotatable bonds is 3. The van der Waals surface area contributed by atoms with E-state index >= 15 is 0 Å². The fourth-order valence-electron chi connectivity index (χ4n) is 1.21. The number of aromatic nitrogens is 1. The molecule has 1 heterocycles. The quantitative estimate of drug-likeness (QED) is 0.819. The third-order valence-corrected chi connectivity index (χ3v) is 2.31. The number of oxazole rings is 1. The minimum absolute atomic E-state index is 0.0832. The Bertz CT molecular complexity index is 421. The maximum Gasteiger partial charge on any atom is 0.302 e. The molecule has 0 aliphatic heterocycles. The van der Waals surface area contributed by atoms with Crippen molar-refractivity contribution in [1.29, 1.82) is 0 Å². The number of nitrogens with zero attached hydrogens (tertiary/aromatic N) is 2. The van der Waals surface area contributed by atoms with Gasteiger partial charge >= 0.3 is 6.01 Å². The van der Waals surface area contributed by atoms with E-state index in [0.29, 0.717) is 0 Å². The van der Waals surface area contributed by atoms with Gasteiger partial charge in [-0.1, -0.05) is 0 Å². The predicted molar refractivity (Wildman–Crippen MR) is 55.9 cm³/mol. The highest BCUT2D eigenvalue weighted by Gasteiger charge is 2.30. The highest BCUT2D eigenvalue weighted by atomic mass is 16.4. The fourth-order valence-corrected chi connectivity index (χ4v) is 1.21. The van der Waals surface area contributed by atoms with Crippen LogP contribution in [0.3, 0.4) is 0 Å². The Balaban J connectivity index is 2.01. The SMILES string of the molecule is CN(C)C(=O)c1coc(NC(=O)C2CC2)n1. The number of hydrogen-bond acceptors (Lipinski definition) is 4. The summed E-state index contributed by atoms with van der Waals surface area (Å²) in [5, 5.41) is 2.53. The molecule has 16 heavy (non-hydrogen) atoms. The lowest BCUT2D eigenvalue weighted by Gasteiger charge is -2.05. The van der Waals surface area contributed by atoms with Gasteiger partial charge in [0.25, 0.3) is 5.91 Å². The second-order valence-corrected chi connectivity index (χ2v) is 4.00. The summed E-state index contributed by atoms with van der Waals surface area (Å²) >= 11 is 0. The molecular formula is C10H13N3O3. The molecule has 2 rings (SSSR count). The van der Waals surface area contributed by atoms with Crippen LogP contribution in [0.5, 0.6) is 0 Å². The average Bonchev–Trinajstić information content (AvgIpc) is 2.99. The first-order chi connectivity index (χ1) is 7.58. The second kappa shape index (κ2) is 3.96. The Morgan fingerprint density at radius 3 is 2.75 bits per heavy atom. The molecule has 0 aromatic carbocycles. The molecule has 1 aliphatic rings. The van der Waals surface area contributed by atoms with E-state index in [1.807, 2.05) is 0 Å². The molecule has 0 radical (unpaired) electrons. The van der Waals surface area contributed by atoms with Crippen molar-refractivity contribution >= 4 is 17.8 Å². The summed E-state index contributed by atoms with van der Waals surface area (Å²) < 4.78 is 4.99. The van der Waals surface area contributed by atoms with E-state index in [0.717, 1.165) is 12.8 Å². The van der Waals surface area contributed by atoms with Gasteiger partial charge in [-0.3, -0.25) is 14.9 Å². The summed E-state index contributed by atoms with van der Waals surface area (Å²) in [7, 11) is 3.25. The van der Waals surface area contributed by atoms with E-state index in [9.17, 15) is 9.59 Å². The first kappa shape index (κ1) is 10.7. The third kappa shape index (κ3) is 2.21. The van der Waals surface area contributed by atoms with Crippen LogP contribution in [0.4, 0.5) is 6.01 Å². The predicted octanol–water partition coefficient (Wildman–Crippen LogP) is 0.725. The van der Waals surface area contributed by atoms with Gasteiger partial charge in [-0.2, -0.15) is 4.98 Å². The van der Waals surface area contributed by atoms with E-state index in [1.54, 1.807) is 14.1 Å². The van der Waals surface area contributed by atoms with Gasteiger partial charge < -0.3 is 9.32 Å². The van der Waals surface area contributed by atoms with Crippen molar-refractivity contribution in [3.63, 3.8) is 0 Å². The van der Waals surface area contributed by atoms with Crippen LogP contribution in [0.2, 0.25) is 0 Å². The average molecular weight is 223 g/mol. The van der Waals surface area contributed by atoms with Crippen LogP contribution >= 0.6 is 0 Å². The third-order valence-electron chi connectivity index (χ3n) is 2.31. The van der Waals surface area contributed by atoms with Gasteiger partial charge in [0.2, 0.25) is 5.91 Å². The minimum atomic E-state index is -0.254. The summed E-state index contributed by atoms with van der Waals surface area (Å²) in [6.45, 7) is 0. The van der Waals surface area contributed by atoms with Gasteiger partial charge in [-0.05, 0) is 12.8 Å². The van der Waals surface area contributed by atoms with Crippen molar-refractivity contribution in [2.75, 3.05) is 19.4 Å². The molecule has 1 fully saturated rings. The molecule has 0 spiro atoms. The lowest BCUT2D eigenvalue weighted by atomic mass is 10.4. The topological polar surface area (TPSA) is 75.4 Å². The van der Waals surface area contributed by atoms with Crippen molar-refractivity contribution in [2.45, 2.75) is 12.8 Å². The van der Waals surface area contributed by atoms with Crippen LogP contribution in [0, 0.1) is 5.92 Å². The standard InChI is InChI=1S/C10H13N3O3/c1-13(2)9(15)7-5-16-10(11-7)12-8(14)6-3-4-6/h5-6H,3-4H2,1-2H3,(H,11,12,14). The number of hydrogen-bond donors (Lipinski definition) is 1. The minimum Gasteiger partial charge on any atom is -0.431 e. The smallest absolute Gasteiger partial charge is 0.302 e. The van der Waals surface area contributed by atoms with Gasteiger partial charge in [0, 0.05) is 20.0 Å². The van der Waals surface area contributed by atoms with E-state index in [1.165, 1.54) is 11.2 Å². The number of nitrogens with one attached hydrogen (secondary N) is 1. The molecule has 1 aromatic heterocycles. The summed E-state index contributed by atoms with van der Waals surface area (Å²) in [6, 6.07) is 0.0853. The molecule has 0 unspecified atom stereocenters. The zero-order valence-corrected chi connectivity index (χ0v) is 9.19. The van der Waals surface area contributed by atoms with Crippen LogP contribution in [0.1, 0.15) is 23.3 Å². The molecule has 6 heteroatoms. The van der Waals surface area contributed by atoms with Crippen molar-refractivity contribution in [3.8, 4) is 0 Å². The zero-order valence-electron chi connectivity index (χ0n) is 9.19. The molecule has 1 saturated carbocycles. The monoisotopic (exact) mass is 223 g/mol. The molecule has 2 amide bonds. The summed E-state index contributed by atoms with van der Waals surface area (Å²) in [4.78, 5) is 28.1. The van der Waals surface area contributed by atoms with Crippen molar-refractivity contribution in [2.24, 2.45) is 5.92 Å². The number of carbonyl (C=O) groups excluding carboxylic acids is 2. The summed E-state index contributed by atoms with van der Waals surface area (Å²) in [6.07, 6.45) is 3.07. The van der Waals surface area contributed by atoms with E-state index in [2.05, 4.69) is 10.3 Å². The summed E-state index contributed by atoms with van der Waals surface area (Å²) in [5.74, 6) is -0.263. The number of carbonyl (C=O) groups is 2. The first-order valence-electron chi connectivity index (χ1n) is 5.06. The Kier molecular flexibility index (Phi) is 2.64. The number of amides is 2.